The number of hydrogen-bond acceptors (Lipinski definition) is 4. The summed E-state index contributed by atoms with van der Waals surface area (Å²) in [4.78, 5) is 20.3. The van der Waals surface area contributed by atoms with Crippen molar-refractivity contribution in [1.29, 1.82) is 0 Å². The molecule has 28 heavy (non-hydrogen) atoms. The topological polar surface area (TPSA) is 42.4 Å². The summed E-state index contributed by atoms with van der Waals surface area (Å²) in [5.74, 6) is 2.23. The molecule has 2 saturated heterocycles. The quantitative estimate of drug-likeness (QED) is 0.632. The van der Waals surface area contributed by atoms with Gasteiger partial charge in [-0.05, 0) is 56.2 Å². The summed E-state index contributed by atoms with van der Waals surface area (Å²) in [6.45, 7) is 3.44. The van der Waals surface area contributed by atoms with E-state index in [1.165, 1.54) is 0 Å². The van der Waals surface area contributed by atoms with Crippen LogP contribution in [-0.4, -0.2) is 52.6 Å². The van der Waals surface area contributed by atoms with Crippen molar-refractivity contribution in [1.82, 2.24) is 9.88 Å². The number of rotatable bonds is 5. The first-order chi connectivity index (χ1) is 13.6. The zero-order valence-electron chi connectivity index (χ0n) is 16.1. The number of ether oxygens (including phenoxy) is 1. The number of pyridine rings is 1. The molecule has 2 aliphatic heterocycles. The molecule has 6 heteroatoms. The standard InChI is InChI=1S/C22H25BrN2O2S/c1-15-20(7-8-21(24-15)16-4-2-5-17(23)12-16)22(26)25(18-9-11-28-14-18)13-19-6-3-10-27-19/h2,4-5,7-8,12,18-19H,3,6,9-11,13-14H2,1H3. The van der Waals surface area contributed by atoms with E-state index in [0.717, 1.165) is 58.8 Å². The molecule has 148 valence electrons. The second-order valence-electron chi connectivity index (χ2n) is 7.45. The molecule has 0 saturated carbocycles. The summed E-state index contributed by atoms with van der Waals surface area (Å²) in [5.41, 5.74) is 3.41. The molecular weight excluding hydrogens is 436 g/mol. The highest BCUT2D eigenvalue weighted by Gasteiger charge is 2.32. The number of hydrogen-bond donors (Lipinski definition) is 0. The minimum atomic E-state index is 0.0915. The Morgan fingerprint density at radius 2 is 2.21 bits per heavy atom. The first-order valence-corrected chi connectivity index (χ1v) is 11.8. The highest BCUT2D eigenvalue weighted by atomic mass is 79.9. The predicted molar refractivity (Wildman–Crippen MR) is 118 cm³/mol. The molecule has 0 radical (unpaired) electrons. The molecule has 0 spiro atoms. The van der Waals surface area contributed by atoms with Gasteiger partial charge in [-0.3, -0.25) is 9.78 Å². The van der Waals surface area contributed by atoms with Gasteiger partial charge in [-0.2, -0.15) is 11.8 Å². The summed E-state index contributed by atoms with van der Waals surface area (Å²) in [6.07, 6.45) is 3.37. The van der Waals surface area contributed by atoms with Crippen molar-refractivity contribution < 1.29 is 9.53 Å². The maximum atomic E-state index is 13.5. The third-order valence-electron chi connectivity index (χ3n) is 5.47. The van der Waals surface area contributed by atoms with Crippen LogP contribution in [0.3, 0.4) is 0 Å². The fraction of sp³-hybridized carbons (Fsp3) is 0.455. The fourth-order valence-electron chi connectivity index (χ4n) is 3.92. The molecule has 3 heterocycles. The van der Waals surface area contributed by atoms with Crippen LogP contribution in [-0.2, 0) is 4.74 Å². The molecule has 2 atom stereocenters. The third-order valence-corrected chi connectivity index (χ3v) is 7.11. The molecule has 4 nitrogen and oxygen atoms in total. The summed E-state index contributed by atoms with van der Waals surface area (Å²) in [7, 11) is 0. The monoisotopic (exact) mass is 460 g/mol. The lowest BCUT2D eigenvalue weighted by Gasteiger charge is -2.31. The van der Waals surface area contributed by atoms with Crippen LogP contribution in [0, 0.1) is 6.92 Å². The Morgan fingerprint density at radius 3 is 2.89 bits per heavy atom. The lowest BCUT2D eigenvalue weighted by atomic mass is 10.1. The van der Waals surface area contributed by atoms with Gasteiger partial charge in [0.05, 0.1) is 23.1 Å². The number of thioether (sulfide) groups is 1. The number of benzene rings is 1. The van der Waals surface area contributed by atoms with E-state index in [-0.39, 0.29) is 12.0 Å². The molecule has 1 amide bonds. The molecule has 2 unspecified atom stereocenters. The fourth-order valence-corrected chi connectivity index (χ4v) is 5.55. The molecular formula is C22H25BrN2O2S. The van der Waals surface area contributed by atoms with Gasteiger partial charge < -0.3 is 9.64 Å². The first kappa shape index (κ1) is 19.9. The van der Waals surface area contributed by atoms with E-state index in [2.05, 4.69) is 20.8 Å². The van der Waals surface area contributed by atoms with Crippen LogP contribution >= 0.6 is 27.7 Å². The SMILES string of the molecule is Cc1nc(-c2cccc(Br)c2)ccc1C(=O)N(CC1CCCO1)C1CCSC1. The number of carbonyl (C=O) groups is 1. The van der Waals surface area contributed by atoms with Gasteiger partial charge in [0.2, 0.25) is 0 Å². The molecule has 2 aromatic rings. The Labute approximate surface area is 179 Å². The maximum absolute atomic E-state index is 13.5. The van der Waals surface area contributed by atoms with Crippen molar-refractivity contribution in [3.05, 3.63) is 52.1 Å². The molecule has 1 aromatic heterocycles. The van der Waals surface area contributed by atoms with E-state index in [0.29, 0.717) is 18.2 Å². The van der Waals surface area contributed by atoms with E-state index in [9.17, 15) is 4.79 Å². The average molecular weight is 461 g/mol. The van der Waals surface area contributed by atoms with Gasteiger partial charge in [0, 0.05) is 35.0 Å². The van der Waals surface area contributed by atoms with E-state index < -0.39 is 0 Å². The smallest absolute Gasteiger partial charge is 0.256 e. The zero-order valence-corrected chi connectivity index (χ0v) is 18.5. The van der Waals surface area contributed by atoms with Gasteiger partial charge in [-0.15, -0.1) is 0 Å². The number of aromatic nitrogens is 1. The number of nitrogens with zero attached hydrogens (tertiary/aromatic N) is 2. The Balaban J connectivity index is 1.59. The van der Waals surface area contributed by atoms with E-state index in [1.54, 1.807) is 0 Å². The highest BCUT2D eigenvalue weighted by molar-refractivity contribution is 9.10. The van der Waals surface area contributed by atoms with E-state index in [1.807, 2.05) is 55.1 Å². The van der Waals surface area contributed by atoms with Gasteiger partial charge in [-0.1, -0.05) is 28.1 Å². The molecule has 0 aliphatic carbocycles. The van der Waals surface area contributed by atoms with Crippen LogP contribution in [0.25, 0.3) is 11.3 Å². The summed E-state index contributed by atoms with van der Waals surface area (Å²) in [5, 5.41) is 0. The van der Waals surface area contributed by atoms with Crippen LogP contribution in [0.4, 0.5) is 0 Å². The van der Waals surface area contributed by atoms with Gasteiger partial charge in [0.1, 0.15) is 0 Å². The second kappa shape index (κ2) is 8.97. The van der Waals surface area contributed by atoms with Crippen LogP contribution in [0.2, 0.25) is 0 Å². The molecule has 1 aromatic carbocycles. The van der Waals surface area contributed by atoms with Crippen LogP contribution in [0.1, 0.15) is 35.3 Å². The van der Waals surface area contributed by atoms with Gasteiger partial charge in [-0.25, -0.2) is 0 Å². The predicted octanol–water partition coefficient (Wildman–Crippen LogP) is 4.95. The molecule has 4 rings (SSSR count). The Kier molecular flexibility index (Phi) is 6.38. The highest BCUT2D eigenvalue weighted by Crippen LogP contribution is 2.28. The molecule has 2 aliphatic rings. The van der Waals surface area contributed by atoms with Crippen molar-refractivity contribution in [3.63, 3.8) is 0 Å². The van der Waals surface area contributed by atoms with Gasteiger partial charge in [0.15, 0.2) is 0 Å². The normalized spacial score (nSPS) is 21.8. The Morgan fingerprint density at radius 1 is 1.32 bits per heavy atom. The number of aryl methyl sites for hydroxylation is 1. The summed E-state index contributed by atoms with van der Waals surface area (Å²) >= 11 is 5.44. The average Bonchev–Trinajstić information content (AvgIpc) is 3.39. The molecule has 0 N–H and O–H groups in total. The maximum Gasteiger partial charge on any atom is 0.256 e. The van der Waals surface area contributed by atoms with Crippen LogP contribution in [0.15, 0.2) is 40.9 Å². The van der Waals surface area contributed by atoms with Gasteiger partial charge in [0.25, 0.3) is 5.91 Å². The lowest BCUT2D eigenvalue weighted by Crippen LogP contribution is -2.45. The third kappa shape index (κ3) is 4.44. The minimum Gasteiger partial charge on any atom is -0.376 e. The Hall–Kier alpha value is -1.37. The van der Waals surface area contributed by atoms with Crippen molar-refractivity contribution in [2.75, 3.05) is 24.7 Å². The van der Waals surface area contributed by atoms with E-state index in [4.69, 9.17) is 9.72 Å². The van der Waals surface area contributed by atoms with Crippen LogP contribution < -0.4 is 0 Å². The van der Waals surface area contributed by atoms with Crippen molar-refractivity contribution in [3.8, 4) is 11.3 Å². The first-order valence-electron chi connectivity index (χ1n) is 9.86. The zero-order chi connectivity index (χ0) is 19.5. The number of carbonyl (C=O) groups excluding carboxylic acids is 1. The van der Waals surface area contributed by atoms with Crippen molar-refractivity contribution in [2.45, 2.75) is 38.3 Å². The number of amides is 1. The van der Waals surface area contributed by atoms with Crippen LogP contribution in [0.5, 0.6) is 0 Å². The Bertz CT molecular complexity index is 848. The van der Waals surface area contributed by atoms with Gasteiger partial charge >= 0.3 is 0 Å². The van der Waals surface area contributed by atoms with Crippen molar-refractivity contribution in [2.24, 2.45) is 0 Å². The molecule has 0 bridgehead atoms. The summed E-state index contributed by atoms with van der Waals surface area (Å²) < 4.78 is 6.85. The van der Waals surface area contributed by atoms with E-state index >= 15 is 0 Å². The largest absolute Gasteiger partial charge is 0.376 e. The number of halogens is 1. The second-order valence-corrected chi connectivity index (χ2v) is 9.52. The van der Waals surface area contributed by atoms with Crippen molar-refractivity contribution >= 4 is 33.6 Å². The summed E-state index contributed by atoms with van der Waals surface area (Å²) in [6, 6.07) is 12.3. The minimum absolute atomic E-state index is 0.0915. The lowest BCUT2D eigenvalue weighted by molar-refractivity contribution is 0.0441. The molecule has 2 fully saturated rings.